The van der Waals surface area contributed by atoms with E-state index in [1.54, 1.807) is 4.90 Å². The number of anilines is 1. The Morgan fingerprint density at radius 1 is 1.39 bits per heavy atom. The van der Waals surface area contributed by atoms with Crippen LogP contribution < -0.4 is 4.90 Å². The van der Waals surface area contributed by atoms with Gasteiger partial charge in [-0.05, 0) is 18.6 Å². The van der Waals surface area contributed by atoms with Gasteiger partial charge in [-0.1, -0.05) is 23.4 Å². The van der Waals surface area contributed by atoms with E-state index in [4.69, 9.17) is 4.52 Å². The quantitative estimate of drug-likeness (QED) is 0.808. The first-order valence-corrected chi connectivity index (χ1v) is 5.88. The number of aryl methyl sites for hydroxylation is 1. The smallest absolute Gasteiger partial charge is 0.227 e. The molecule has 1 aliphatic heterocycles. The lowest BCUT2D eigenvalue weighted by Crippen LogP contribution is -2.25. The molecule has 3 rings (SSSR count). The van der Waals surface area contributed by atoms with Crippen molar-refractivity contribution in [1.29, 1.82) is 0 Å². The van der Waals surface area contributed by atoms with E-state index in [-0.39, 0.29) is 11.8 Å². The van der Waals surface area contributed by atoms with Crippen LogP contribution in [0.5, 0.6) is 0 Å². The van der Waals surface area contributed by atoms with Crippen LogP contribution in [0.1, 0.15) is 23.7 Å². The first-order chi connectivity index (χ1) is 8.75. The molecule has 2 heterocycles. The van der Waals surface area contributed by atoms with Gasteiger partial charge in [0.1, 0.15) is 0 Å². The van der Waals surface area contributed by atoms with Gasteiger partial charge in [0.2, 0.25) is 12.3 Å². The number of carbonyl (C=O) groups is 1. The number of nitrogens with zero attached hydrogens (tertiary/aromatic N) is 3. The highest BCUT2D eigenvalue weighted by Gasteiger charge is 2.34. The summed E-state index contributed by atoms with van der Waals surface area (Å²) in [6.07, 6.45) is 1.74. The fourth-order valence-corrected chi connectivity index (χ4v) is 2.34. The van der Waals surface area contributed by atoms with Crippen LogP contribution in [0.4, 0.5) is 5.69 Å². The molecular formula is C13H13N3O2. The van der Waals surface area contributed by atoms with Gasteiger partial charge in [0.15, 0.2) is 5.82 Å². The van der Waals surface area contributed by atoms with Crippen molar-refractivity contribution >= 4 is 11.6 Å². The van der Waals surface area contributed by atoms with Gasteiger partial charge in [-0.2, -0.15) is 4.98 Å². The molecule has 92 valence electrons. The van der Waals surface area contributed by atoms with Crippen molar-refractivity contribution in [2.24, 2.45) is 0 Å². The highest BCUT2D eigenvalue weighted by atomic mass is 16.5. The molecule has 1 aliphatic rings. The summed E-state index contributed by atoms with van der Waals surface area (Å²) in [6.45, 7) is 2.62. The lowest BCUT2D eigenvalue weighted by Gasteiger charge is -2.18. The number of hydrogen-bond donors (Lipinski definition) is 0. The molecule has 0 spiro atoms. The Bertz CT molecular complexity index is 565. The number of aromatic nitrogens is 2. The third-order valence-corrected chi connectivity index (χ3v) is 3.27. The van der Waals surface area contributed by atoms with Gasteiger partial charge in [-0.15, -0.1) is 0 Å². The Morgan fingerprint density at radius 2 is 2.22 bits per heavy atom. The second-order valence-electron chi connectivity index (χ2n) is 4.48. The van der Waals surface area contributed by atoms with Crippen molar-refractivity contribution in [1.82, 2.24) is 10.1 Å². The van der Waals surface area contributed by atoms with Gasteiger partial charge in [0, 0.05) is 24.6 Å². The Morgan fingerprint density at radius 3 is 2.94 bits per heavy atom. The first-order valence-electron chi connectivity index (χ1n) is 5.88. The summed E-state index contributed by atoms with van der Waals surface area (Å²) in [5.41, 5.74) is 2.06. The van der Waals surface area contributed by atoms with Crippen molar-refractivity contribution < 1.29 is 9.32 Å². The van der Waals surface area contributed by atoms with Crippen molar-refractivity contribution in [2.75, 3.05) is 11.4 Å². The number of carbonyl (C=O) groups excluding carboxylic acids is 1. The highest BCUT2D eigenvalue weighted by Crippen LogP contribution is 2.31. The van der Waals surface area contributed by atoms with E-state index in [0.717, 1.165) is 11.3 Å². The topological polar surface area (TPSA) is 59.2 Å². The molecule has 0 bridgehead atoms. The minimum atomic E-state index is 0.0239. The minimum absolute atomic E-state index is 0.0239. The fraction of sp³-hybridized carbons (Fsp3) is 0.308. The zero-order valence-corrected chi connectivity index (χ0v) is 10.0. The molecule has 0 saturated carbocycles. The summed E-state index contributed by atoms with van der Waals surface area (Å²) in [4.78, 5) is 17.9. The zero-order chi connectivity index (χ0) is 12.5. The maximum absolute atomic E-state index is 12.1. The zero-order valence-electron chi connectivity index (χ0n) is 10.0. The molecule has 1 aromatic carbocycles. The lowest BCUT2D eigenvalue weighted by molar-refractivity contribution is -0.117. The molecule has 1 amide bonds. The van der Waals surface area contributed by atoms with Crippen LogP contribution in [-0.4, -0.2) is 22.6 Å². The van der Waals surface area contributed by atoms with Crippen LogP contribution in [0.3, 0.4) is 0 Å². The largest absolute Gasteiger partial charge is 0.343 e. The summed E-state index contributed by atoms with van der Waals surface area (Å²) in [5.74, 6) is 0.745. The van der Waals surface area contributed by atoms with Crippen LogP contribution in [0, 0.1) is 6.92 Å². The summed E-state index contributed by atoms with van der Waals surface area (Å²) >= 11 is 0. The van der Waals surface area contributed by atoms with E-state index in [2.05, 4.69) is 10.1 Å². The second-order valence-corrected chi connectivity index (χ2v) is 4.48. The summed E-state index contributed by atoms with van der Waals surface area (Å²) in [5, 5.41) is 3.82. The number of para-hydroxylation sites is 1. The minimum Gasteiger partial charge on any atom is -0.343 e. The van der Waals surface area contributed by atoms with E-state index in [0.29, 0.717) is 18.8 Å². The van der Waals surface area contributed by atoms with E-state index in [9.17, 15) is 4.79 Å². The Kier molecular flexibility index (Phi) is 2.59. The highest BCUT2D eigenvalue weighted by molar-refractivity contribution is 5.97. The molecule has 1 fully saturated rings. The Labute approximate surface area is 104 Å². The van der Waals surface area contributed by atoms with E-state index < -0.39 is 0 Å². The molecule has 18 heavy (non-hydrogen) atoms. The molecule has 2 aromatic rings. The second kappa shape index (κ2) is 4.25. The number of hydrogen-bond acceptors (Lipinski definition) is 4. The molecule has 0 aliphatic carbocycles. The summed E-state index contributed by atoms with van der Waals surface area (Å²) < 4.78 is 4.74. The van der Waals surface area contributed by atoms with Gasteiger partial charge >= 0.3 is 0 Å². The number of rotatable bonds is 2. The predicted octanol–water partition coefficient (Wildman–Crippen LogP) is 1.90. The molecule has 1 unspecified atom stereocenters. The normalized spacial score (nSPS) is 19.5. The van der Waals surface area contributed by atoms with Crippen molar-refractivity contribution in [3.05, 3.63) is 42.0 Å². The van der Waals surface area contributed by atoms with E-state index in [1.807, 2.05) is 31.2 Å². The monoisotopic (exact) mass is 243 g/mol. The third kappa shape index (κ3) is 1.77. The maximum Gasteiger partial charge on any atom is 0.227 e. The molecule has 1 saturated heterocycles. The average Bonchev–Trinajstić information content (AvgIpc) is 2.99. The number of benzene rings is 1. The van der Waals surface area contributed by atoms with E-state index in [1.165, 1.54) is 6.39 Å². The lowest BCUT2D eigenvalue weighted by atomic mass is 10.1. The Hall–Kier alpha value is -2.17. The summed E-state index contributed by atoms with van der Waals surface area (Å²) in [7, 11) is 0. The maximum atomic E-state index is 12.1. The van der Waals surface area contributed by atoms with Crippen LogP contribution in [-0.2, 0) is 4.79 Å². The molecule has 5 nitrogen and oxygen atoms in total. The van der Waals surface area contributed by atoms with Gasteiger partial charge in [-0.3, -0.25) is 4.79 Å². The van der Waals surface area contributed by atoms with Crippen LogP contribution in [0.2, 0.25) is 0 Å². The van der Waals surface area contributed by atoms with Crippen molar-refractivity contribution in [2.45, 2.75) is 19.3 Å². The SMILES string of the molecule is Cc1ccccc1N1CC(c2ncon2)CC1=O. The predicted molar refractivity (Wildman–Crippen MR) is 65.2 cm³/mol. The van der Waals surface area contributed by atoms with Crippen LogP contribution in [0.25, 0.3) is 0 Å². The van der Waals surface area contributed by atoms with Crippen LogP contribution >= 0.6 is 0 Å². The van der Waals surface area contributed by atoms with Crippen molar-refractivity contribution in [3.63, 3.8) is 0 Å². The molecule has 0 radical (unpaired) electrons. The van der Waals surface area contributed by atoms with Crippen molar-refractivity contribution in [3.8, 4) is 0 Å². The van der Waals surface area contributed by atoms with Gasteiger partial charge in [0.25, 0.3) is 0 Å². The van der Waals surface area contributed by atoms with E-state index >= 15 is 0 Å². The number of amides is 1. The first kappa shape index (κ1) is 11.0. The van der Waals surface area contributed by atoms with Gasteiger partial charge in [-0.25, -0.2) is 0 Å². The average molecular weight is 243 g/mol. The van der Waals surface area contributed by atoms with Crippen LogP contribution in [0.15, 0.2) is 35.2 Å². The standard InChI is InChI=1S/C13H13N3O2/c1-9-4-2-3-5-11(9)16-7-10(6-12(16)17)13-14-8-18-15-13/h2-5,8,10H,6-7H2,1H3. The van der Waals surface area contributed by atoms with Gasteiger partial charge in [0.05, 0.1) is 0 Å². The molecule has 1 aromatic heterocycles. The molecule has 5 heteroatoms. The van der Waals surface area contributed by atoms with Gasteiger partial charge < -0.3 is 9.42 Å². The summed E-state index contributed by atoms with van der Waals surface area (Å²) in [6, 6.07) is 7.88. The molecular weight excluding hydrogens is 230 g/mol. The third-order valence-electron chi connectivity index (χ3n) is 3.27. The fourth-order valence-electron chi connectivity index (χ4n) is 2.34. The molecule has 0 N–H and O–H groups in total. The Balaban J connectivity index is 1.88. The molecule has 1 atom stereocenters.